The Bertz CT molecular complexity index is 1430. The summed E-state index contributed by atoms with van der Waals surface area (Å²) in [6.07, 6.45) is 1.25. The van der Waals surface area contributed by atoms with Crippen molar-refractivity contribution in [3.05, 3.63) is 94.0 Å². The van der Waals surface area contributed by atoms with Gasteiger partial charge in [-0.1, -0.05) is 59.6 Å². The van der Waals surface area contributed by atoms with E-state index in [1.807, 2.05) is 51.1 Å². The van der Waals surface area contributed by atoms with Crippen LogP contribution in [0.3, 0.4) is 0 Å². The molecule has 1 N–H and O–H groups in total. The van der Waals surface area contributed by atoms with Crippen molar-refractivity contribution in [2.75, 3.05) is 23.7 Å². The lowest BCUT2D eigenvalue weighted by molar-refractivity contribution is -0.140. The second kappa shape index (κ2) is 14.6. The summed E-state index contributed by atoms with van der Waals surface area (Å²) in [4.78, 5) is 29.0. The molecule has 2 amide bonds. The van der Waals surface area contributed by atoms with Crippen LogP contribution in [0.15, 0.2) is 72.8 Å². The molecule has 1 atom stereocenters. The zero-order valence-corrected chi connectivity index (χ0v) is 25.8. The number of nitrogens with zero attached hydrogens (tertiary/aromatic N) is 2. The van der Waals surface area contributed by atoms with Crippen molar-refractivity contribution >= 4 is 50.7 Å². The second-order valence-electron chi connectivity index (χ2n) is 9.84. The maximum Gasteiger partial charge on any atom is 0.244 e. The van der Waals surface area contributed by atoms with E-state index in [4.69, 9.17) is 27.9 Å². The number of carbonyl (C=O) groups excluding carboxylic acids is 2. The van der Waals surface area contributed by atoms with Crippen LogP contribution in [0.25, 0.3) is 0 Å². The molecule has 220 valence electrons. The third-order valence-corrected chi connectivity index (χ3v) is 8.03. The van der Waals surface area contributed by atoms with Gasteiger partial charge in [-0.25, -0.2) is 8.42 Å². The molecular formula is C30H35Cl2N3O5S. The zero-order chi connectivity index (χ0) is 30.2. The summed E-state index contributed by atoms with van der Waals surface area (Å²) in [5, 5.41) is 3.57. The number of nitrogens with one attached hydrogen (secondary N) is 1. The Balaban J connectivity index is 2.05. The minimum Gasteiger partial charge on any atom is -0.494 e. The van der Waals surface area contributed by atoms with Crippen LogP contribution in [0.4, 0.5) is 5.69 Å². The molecule has 0 heterocycles. The van der Waals surface area contributed by atoms with Crippen molar-refractivity contribution in [1.82, 2.24) is 10.2 Å². The van der Waals surface area contributed by atoms with Crippen molar-refractivity contribution in [2.45, 2.75) is 45.8 Å². The Hall–Kier alpha value is -3.27. The summed E-state index contributed by atoms with van der Waals surface area (Å²) in [7, 11) is -3.87. The molecule has 0 aliphatic rings. The Labute approximate surface area is 252 Å². The molecule has 3 aromatic rings. The third kappa shape index (κ3) is 9.38. The molecular weight excluding hydrogens is 585 g/mol. The number of ether oxygens (including phenoxy) is 1. The Morgan fingerprint density at radius 3 is 2.15 bits per heavy atom. The molecule has 0 radical (unpaired) electrons. The number of hydrogen-bond donors (Lipinski definition) is 1. The van der Waals surface area contributed by atoms with E-state index in [0.29, 0.717) is 33.7 Å². The molecule has 11 heteroatoms. The highest BCUT2D eigenvalue weighted by atomic mass is 35.5. The summed E-state index contributed by atoms with van der Waals surface area (Å²) >= 11 is 12.4. The van der Waals surface area contributed by atoms with Crippen LogP contribution in [0.2, 0.25) is 10.0 Å². The largest absolute Gasteiger partial charge is 0.494 e. The lowest BCUT2D eigenvalue weighted by Gasteiger charge is -2.34. The number of hydrogen-bond acceptors (Lipinski definition) is 5. The minimum absolute atomic E-state index is 0.000380. The first kappa shape index (κ1) is 32.2. The van der Waals surface area contributed by atoms with Gasteiger partial charge in [-0.3, -0.25) is 13.9 Å². The first-order valence-corrected chi connectivity index (χ1v) is 15.8. The molecule has 0 aliphatic heterocycles. The summed E-state index contributed by atoms with van der Waals surface area (Å²) in [6.45, 7) is 5.45. The van der Waals surface area contributed by atoms with Crippen LogP contribution < -0.4 is 14.4 Å². The van der Waals surface area contributed by atoms with E-state index in [1.165, 1.54) is 4.90 Å². The van der Waals surface area contributed by atoms with E-state index in [1.54, 1.807) is 42.5 Å². The smallest absolute Gasteiger partial charge is 0.244 e. The first-order chi connectivity index (χ1) is 19.4. The van der Waals surface area contributed by atoms with Gasteiger partial charge >= 0.3 is 0 Å². The van der Waals surface area contributed by atoms with Crippen molar-refractivity contribution in [2.24, 2.45) is 0 Å². The van der Waals surface area contributed by atoms with Gasteiger partial charge in [0.25, 0.3) is 0 Å². The monoisotopic (exact) mass is 619 g/mol. The number of carbonyl (C=O) groups is 2. The molecule has 0 aliphatic carbocycles. The molecule has 3 aromatic carbocycles. The molecule has 0 saturated carbocycles. The fourth-order valence-corrected chi connectivity index (χ4v) is 5.43. The fraction of sp³-hybridized carbons (Fsp3) is 0.333. The maximum absolute atomic E-state index is 14.1. The molecule has 0 aromatic heterocycles. The second-order valence-corrected chi connectivity index (χ2v) is 12.6. The molecule has 0 fully saturated rings. The summed E-state index contributed by atoms with van der Waals surface area (Å²) in [5.74, 6) is -0.343. The van der Waals surface area contributed by atoms with Crippen LogP contribution in [0.5, 0.6) is 5.75 Å². The van der Waals surface area contributed by atoms with Crippen LogP contribution >= 0.6 is 23.2 Å². The van der Waals surface area contributed by atoms with E-state index in [2.05, 4.69) is 5.32 Å². The average molecular weight is 621 g/mol. The number of halogens is 2. The standard InChI is InChI=1S/C30H35Cl2N3O5S/c1-5-40-25-14-12-24(13-15-25)35(41(4,38)39)20-29(36)34(19-23-11-16-26(31)27(32)17-23)28(30(37)33-21(2)3)18-22-9-7-6-8-10-22/h6-17,21,28H,5,18-20H2,1-4H3,(H,33,37)/t28-/m0/s1. The lowest BCUT2D eigenvalue weighted by Crippen LogP contribution is -2.54. The number of amides is 2. The van der Waals surface area contributed by atoms with Gasteiger partial charge in [0.1, 0.15) is 18.3 Å². The van der Waals surface area contributed by atoms with Crippen LogP contribution in [0, 0.1) is 0 Å². The fourth-order valence-electron chi connectivity index (χ4n) is 4.26. The summed E-state index contributed by atoms with van der Waals surface area (Å²) in [5.41, 5.74) is 1.77. The van der Waals surface area contributed by atoms with E-state index in [-0.39, 0.29) is 24.9 Å². The summed E-state index contributed by atoms with van der Waals surface area (Å²) < 4.78 is 32.3. The zero-order valence-electron chi connectivity index (χ0n) is 23.5. The van der Waals surface area contributed by atoms with E-state index in [0.717, 1.165) is 16.1 Å². The molecule has 0 spiro atoms. The molecule has 0 bridgehead atoms. The van der Waals surface area contributed by atoms with Gasteiger partial charge in [-0.05, 0) is 68.3 Å². The molecule has 8 nitrogen and oxygen atoms in total. The van der Waals surface area contributed by atoms with Crippen LogP contribution in [-0.2, 0) is 32.6 Å². The van der Waals surface area contributed by atoms with Gasteiger partial charge in [0.2, 0.25) is 21.8 Å². The van der Waals surface area contributed by atoms with Gasteiger partial charge in [-0.15, -0.1) is 0 Å². The van der Waals surface area contributed by atoms with Crippen LogP contribution in [-0.4, -0.2) is 56.6 Å². The topological polar surface area (TPSA) is 96.0 Å². The highest BCUT2D eigenvalue weighted by molar-refractivity contribution is 7.92. The van der Waals surface area contributed by atoms with Gasteiger partial charge in [0, 0.05) is 19.0 Å². The molecule has 0 unspecified atom stereocenters. The highest BCUT2D eigenvalue weighted by Gasteiger charge is 2.33. The van der Waals surface area contributed by atoms with Crippen molar-refractivity contribution in [3.8, 4) is 5.75 Å². The lowest BCUT2D eigenvalue weighted by atomic mass is 10.0. The number of sulfonamides is 1. The highest BCUT2D eigenvalue weighted by Crippen LogP contribution is 2.26. The average Bonchev–Trinajstić information content (AvgIpc) is 2.91. The Morgan fingerprint density at radius 1 is 0.927 bits per heavy atom. The number of rotatable bonds is 13. The van der Waals surface area contributed by atoms with Crippen molar-refractivity contribution in [3.63, 3.8) is 0 Å². The van der Waals surface area contributed by atoms with Crippen LogP contribution in [0.1, 0.15) is 31.9 Å². The Kier molecular flexibility index (Phi) is 11.5. The van der Waals surface area contributed by atoms with Crippen molar-refractivity contribution in [1.29, 1.82) is 0 Å². The predicted octanol–water partition coefficient (Wildman–Crippen LogP) is 5.32. The van der Waals surface area contributed by atoms with Gasteiger partial charge in [0.05, 0.1) is 28.6 Å². The third-order valence-electron chi connectivity index (χ3n) is 6.15. The predicted molar refractivity (Wildman–Crippen MR) is 164 cm³/mol. The maximum atomic E-state index is 14.1. The minimum atomic E-state index is -3.87. The van der Waals surface area contributed by atoms with E-state index >= 15 is 0 Å². The SMILES string of the molecule is CCOc1ccc(N(CC(=O)N(Cc2ccc(Cl)c(Cl)c2)[C@@H](Cc2ccccc2)C(=O)NC(C)C)S(C)(=O)=O)cc1. The van der Waals surface area contributed by atoms with E-state index < -0.39 is 28.5 Å². The van der Waals surface area contributed by atoms with Gasteiger partial charge in [-0.2, -0.15) is 0 Å². The first-order valence-electron chi connectivity index (χ1n) is 13.2. The molecule has 3 rings (SSSR count). The van der Waals surface area contributed by atoms with Crippen molar-refractivity contribution < 1.29 is 22.7 Å². The number of benzene rings is 3. The summed E-state index contributed by atoms with van der Waals surface area (Å²) in [6, 6.07) is 19.6. The normalized spacial score (nSPS) is 12.1. The molecule has 0 saturated heterocycles. The van der Waals surface area contributed by atoms with Gasteiger partial charge in [0.15, 0.2) is 0 Å². The Morgan fingerprint density at radius 2 is 1.59 bits per heavy atom. The number of anilines is 1. The van der Waals surface area contributed by atoms with Gasteiger partial charge < -0.3 is 15.0 Å². The molecule has 41 heavy (non-hydrogen) atoms. The quantitative estimate of drug-likeness (QED) is 0.279. The van der Waals surface area contributed by atoms with E-state index in [9.17, 15) is 18.0 Å².